The van der Waals surface area contributed by atoms with Gasteiger partial charge in [0.1, 0.15) is 17.1 Å². The van der Waals surface area contributed by atoms with Gasteiger partial charge in [0.15, 0.2) is 0 Å². The van der Waals surface area contributed by atoms with Gasteiger partial charge in [-0.15, -0.1) is 0 Å². The van der Waals surface area contributed by atoms with E-state index in [1.165, 1.54) is 18.3 Å². The summed E-state index contributed by atoms with van der Waals surface area (Å²) in [4.78, 5) is 45.1. The van der Waals surface area contributed by atoms with Gasteiger partial charge < -0.3 is 20.9 Å². The molecule has 1 aromatic carbocycles. The second-order valence-corrected chi connectivity index (χ2v) is 9.50. The first kappa shape index (κ1) is 26.6. The Kier molecular flexibility index (Phi) is 7.06. The number of nitrogens with zero attached hydrogens (tertiary/aromatic N) is 3. The number of nitrogens with two attached hydrogens (primary N) is 1. The molecule has 2 aromatic rings. The number of amides is 3. The minimum atomic E-state index is -4.70. The van der Waals surface area contributed by atoms with Gasteiger partial charge in [-0.3, -0.25) is 14.4 Å². The van der Waals surface area contributed by atoms with E-state index in [4.69, 9.17) is 17.3 Å². The van der Waals surface area contributed by atoms with Gasteiger partial charge in [0.2, 0.25) is 5.91 Å². The zero-order chi connectivity index (χ0) is 27.1. The number of rotatable bonds is 4. The van der Waals surface area contributed by atoms with Crippen LogP contribution in [0.4, 0.5) is 29.1 Å². The maximum Gasteiger partial charge on any atom is 0.403 e. The van der Waals surface area contributed by atoms with Gasteiger partial charge in [0, 0.05) is 19.6 Å². The van der Waals surface area contributed by atoms with Crippen LogP contribution >= 0.6 is 11.6 Å². The van der Waals surface area contributed by atoms with Gasteiger partial charge in [0.05, 0.1) is 22.9 Å². The van der Waals surface area contributed by atoms with E-state index in [1.807, 2.05) is 6.92 Å². The van der Waals surface area contributed by atoms with Crippen molar-refractivity contribution >= 4 is 40.8 Å². The predicted molar refractivity (Wildman–Crippen MR) is 127 cm³/mol. The molecule has 1 aliphatic carbocycles. The van der Waals surface area contributed by atoms with Gasteiger partial charge >= 0.3 is 18.0 Å². The fourth-order valence-electron chi connectivity index (χ4n) is 4.45. The topological polar surface area (TPSA) is 109 Å². The maximum absolute atomic E-state index is 13.8. The highest BCUT2D eigenvalue weighted by Crippen LogP contribution is 2.58. The number of alkyl halides is 3. The summed E-state index contributed by atoms with van der Waals surface area (Å²) in [5.41, 5.74) is 4.51. The number of aryl methyl sites for hydroxylation is 1. The van der Waals surface area contributed by atoms with Crippen molar-refractivity contribution in [2.24, 2.45) is 5.41 Å². The average molecular weight is 542 g/mol. The molecule has 4 rings (SSSR count). The van der Waals surface area contributed by atoms with Crippen LogP contribution in [-0.2, 0) is 20.8 Å². The van der Waals surface area contributed by atoms with Crippen LogP contribution in [0.3, 0.4) is 0 Å². The molecule has 198 valence electrons. The molecule has 2 aliphatic rings. The first-order valence-corrected chi connectivity index (χ1v) is 11.9. The Morgan fingerprint density at radius 2 is 1.92 bits per heavy atom. The number of halogens is 5. The molecule has 13 heteroatoms. The zero-order valence-electron chi connectivity index (χ0n) is 19.7. The summed E-state index contributed by atoms with van der Waals surface area (Å²) in [7, 11) is 0. The normalized spacial score (nSPS) is 18.9. The molecule has 1 aromatic heterocycles. The zero-order valence-corrected chi connectivity index (χ0v) is 20.5. The second-order valence-electron chi connectivity index (χ2n) is 9.09. The van der Waals surface area contributed by atoms with Crippen molar-refractivity contribution in [2.45, 2.75) is 38.4 Å². The van der Waals surface area contributed by atoms with E-state index in [0.29, 0.717) is 12.0 Å². The highest BCUT2D eigenvalue weighted by molar-refractivity contribution is 6.39. The summed E-state index contributed by atoms with van der Waals surface area (Å²) in [5, 5.41) is 2.19. The van der Waals surface area contributed by atoms with Crippen molar-refractivity contribution < 1.29 is 31.9 Å². The summed E-state index contributed by atoms with van der Waals surface area (Å²) in [6.45, 7) is 1.10. The molecule has 3 N–H and O–H groups in total. The summed E-state index contributed by atoms with van der Waals surface area (Å²) in [6.07, 6.45) is -3.48. The molecule has 8 nitrogen and oxygen atoms in total. The van der Waals surface area contributed by atoms with Gasteiger partial charge in [-0.05, 0) is 48.6 Å². The molecule has 0 radical (unpaired) electrons. The Morgan fingerprint density at radius 1 is 1.22 bits per heavy atom. The van der Waals surface area contributed by atoms with Crippen LogP contribution < -0.4 is 11.1 Å². The molecular weight excluding hydrogens is 518 g/mol. The van der Waals surface area contributed by atoms with Crippen LogP contribution in [-0.4, -0.2) is 58.3 Å². The van der Waals surface area contributed by atoms with E-state index in [1.54, 1.807) is 6.07 Å². The minimum absolute atomic E-state index is 0.204. The summed E-state index contributed by atoms with van der Waals surface area (Å²) in [5.74, 6) is -3.52. The number of nitrogens with one attached hydrogen (secondary N) is 1. The molecule has 1 saturated heterocycles. The van der Waals surface area contributed by atoms with E-state index in [0.717, 1.165) is 15.9 Å². The van der Waals surface area contributed by atoms with Crippen LogP contribution in [0.2, 0.25) is 5.02 Å². The number of carbonyl (C=O) groups excluding carboxylic acids is 3. The van der Waals surface area contributed by atoms with Crippen LogP contribution in [0.1, 0.15) is 36.9 Å². The Bertz CT molecular complexity index is 1250. The Hall–Kier alpha value is -3.41. The van der Waals surface area contributed by atoms with Crippen LogP contribution in [0.5, 0.6) is 0 Å². The highest BCUT2D eigenvalue weighted by Gasteiger charge is 2.69. The van der Waals surface area contributed by atoms with E-state index in [2.05, 4.69) is 10.3 Å². The number of anilines is 2. The molecule has 37 heavy (non-hydrogen) atoms. The van der Waals surface area contributed by atoms with Crippen LogP contribution in [0, 0.1) is 11.2 Å². The van der Waals surface area contributed by atoms with Crippen molar-refractivity contribution in [2.75, 3.05) is 30.7 Å². The number of pyridine rings is 1. The predicted octanol–water partition coefficient (Wildman–Crippen LogP) is 3.71. The van der Waals surface area contributed by atoms with E-state index in [-0.39, 0.29) is 54.6 Å². The quantitative estimate of drug-likeness (QED) is 0.453. The van der Waals surface area contributed by atoms with Crippen molar-refractivity contribution in [3.8, 4) is 0 Å². The van der Waals surface area contributed by atoms with Crippen LogP contribution in [0.15, 0.2) is 30.5 Å². The third kappa shape index (κ3) is 5.07. The fourth-order valence-corrected chi connectivity index (χ4v) is 4.64. The van der Waals surface area contributed by atoms with Gasteiger partial charge in [-0.1, -0.05) is 24.6 Å². The summed E-state index contributed by atoms with van der Waals surface area (Å²) >= 11 is 5.91. The average Bonchev–Trinajstić information content (AvgIpc) is 3.68. The van der Waals surface area contributed by atoms with Crippen LogP contribution in [0.25, 0.3) is 0 Å². The number of carbonyl (C=O) groups is 3. The van der Waals surface area contributed by atoms with E-state index < -0.39 is 41.2 Å². The molecule has 2 heterocycles. The van der Waals surface area contributed by atoms with E-state index in [9.17, 15) is 31.9 Å². The molecule has 0 spiro atoms. The molecule has 1 atom stereocenters. The number of piperazine rings is 1. The van der Waals surface area contributed by atoms with Crippen molar-refractivity contribution in [1.29, 1.82) is 0 Å². The number of benzene rings is 1. The molecule has 1 saturated carbocycles. The molecule has 0 bridgehead atoms. The lowest BCUT2D eigenvalue weighted by Gasteiger charge is -2.42. The molecule has 3 amide bonds. The number of hydrogen-bond donors (Lipinski definition) is 2. The van der Waals surface area contributed by atoms with Gasteiger partial charge in [-0.2, -0.15) is 13.2 Å². The van der Waals surface area contributed by atoms with Gasteiger partial charge in [0.25, 0.3) is 0 Å². The maximum atomic E-state index is 13.8. The lowest BCUT2D eigenvalue weighted by Crippen LogP contribution is -2.57. The molecular formula is C24H24ClF4N5O3. The summed E-state index contributed by atoms with van der Waals surface area (Å²) in [6, 6.07) is 4.13. The third-order valence-corrected chi connectivity index (χ3v) is 7.08. The van der Waals surface area contributed by atoms with Crippen molar-refractivity contribution in [1.82, 2.24) is 14.8 Å². The lowest BCUT2D eigenvalue weighted by molar-refractivity contribution is -0.200. The largest absolute Gasteiger partial charge is 0.403 e. The monoisotopic (exact) mass is 541 g/mol. The van der Waals surface area contributed by atoms with Gasteiger partial charge in [-0.25, -0.2) is 9.37 Å². The minimum Gasteiger partial charge on any atom is -0.383 e. The lowest BCUT2D eigenvalue weighted by atomic mass is 9.98. The second kappa shape index (κ2) is 9.81. The van der Waals surface area contributed by atoms with E-state index >= 15 is 0 Å². The molecule has 0 unspecified atom stereocenters. The van der Waals surface area contributed by atoms with Crippen molar-refractivity contribution in [3.05, 3.63) is 52.4 Å². The summed E-state index contributed by atoms with van der Waals surface area (Å²) < 4.78 is 54.5. The Labute approximate surface area is 214 Å². The number of hydrogen-bond acceptors (Lipinski definition) is 5. The Morgan fingerprint density at radius 3 is 2.51 bits per heavy atom. The number of nitrogen functional groups attached to an aromatic ring is 1. The third-order valence-electron chi connectivity index (χ3n) is 6.79. The van der Waals surface area contributed by atoms with Crippen molar-refractivity contribution in [3.63, 3.8) is 0 Å². The first-order chi connectivity index (χ1) is 17.4. The highest BCUT2D eigenvalue weighted by atomic mass is 35.5. The number of aromatic nitrogens is 1. The SMILES string of the molecule is CCc1cc(NC(=O)C(=O)N2CCN(C(=O)C3(C(F)(F)F)CC3)C[C@H]2c2ccc(F)c(Cl)c2)cnc1N. The first-order valence-electron chi connectivity index (χ1n) is 11.6. The molecule has 2 fully saturated rings. The standard InChI is InChI=1S/C24H24ClF4N5O3/c1-2-13-9-15(11-31-19(13)30)32-20(35)21(36)34-8-7-33(22(37)23(5-6-23)24(27,28)29)12-18(34)14-3-4-17(26)16(25)10-14/h3-4,9-11,18H,2,5-8,12H2,1H3,(H2,30,31)(H,32,35)/t18-/m0/s1. The molecule has 1 aliphatic heterocycles. The fraction of sp³-hybridized carbons (Fsp3) is 0.417. The smallest absolute Gasteiger partial charge is 0.383 e. The Balaban J connectivity index is 1.59.